The number of fused-ring (bicyclic) bond motifs is 1. The van der Waals surface area contributed by atoms with E-state index in [0.717, 1.165) is 11.3 Å². The predicted molar refractivity (Wildman–Crippen MR) is 81.0 cm³/mol. The van der Waals surface area contributed by atoms with E-state index in [9.17, 15) is 13.2 Å². The van der Waals surface area contributed by atoms with E-state index in [2.05, 4.69) is 20.6 Å². The minimum absolute atomic E-state index is 0.0445. The molecular weight excluding hydrogens is 323 g/mol. The van der Waals surface area contributed by atoms with E-state index in [1.54, 1.807) is 13.2 Å². The van der Waals surface area contributed by atoms with E-state index in [0.29, 0.717) is 23.3 Å². The van der Waals surface area contributed by atoms with Crippen molar-refractivity contribution >= 4 is 11.5 Å². The first-order chi connectivity index (χ1) is 11.5. The molecule has 2 aromatic heterocycles. The van der Waals surface area contributed by atoms with Crippen LogP contribution in [-0.4, -0.2) is 33.5 Å². The number of methoxy groups -OCH3 is 1. The summed E-state index contributed by atoms with van der Waals surface area (Å²) in [4.78, 5) is 0. The van der Waals surface area contributed by atoms with E-state index >= 15 is 0 Å². The standard InChI is InChI=1S/C15H14F3N5O/c1-24-11-4-2-10(3-5-11)8-9-19-12-6-7-13-20-21-14(15(16,17)18)23(13)22-12/h2-7H,8-9H2,1H3,(H,19,22). The smallest absolute Gasteiger partial charge is 0.453 e. The van der Waals surface area contributed by atoms with Crippen LogP contribution < -0.4 is 10.1 Å². The average Bonchev–Trinajstić information content (AvgIpc) is 2.99. The Bertz CT molecular complexity index is 829. The molecule has 0 bridgehead atoms. The summed E-state index contributed by atoms with van der Waals surface area (Å²) in [6.45, 7) is 0.522. The third-order valence-electron chi connectivity index (χ3n) is 3.40. The second-order valence-electron chi connectivity index (χ2n) is 5.03. The van der Waals surface area contributed by atoms with E-state index in [1.165, 1.54) is 6.07 Å². The van der Waals surface area contributed by atoms with Gasteiger partial charge in [-0.1, -0.05) is 12.1 Å². The molecule has 0 saturated carbocycles. The topological polar surface area (TPSA) is 64.3 Å². The predicted octanol–water partition coefficient (Wildman–Crippen LogP) is 2.81. The Morgan fingerprint density at radius 3 is 2.50 bits per heavy atom. The molecule has 0 aliphatic heterocycles. The number of aromatic nitrogens is 4. The van der Waals surface area contributed by atoms with Gasteiger partial charge in [-0.25, -0.2) is 0 Å². The molecule has 0 aliphatic rings. The molecule has 0 amide bonds. The van der Waals surface area contributed by atoms with Gasteiger partial charge in [0.2, 0.25) is 0 Å². The van der Waals surface area contributed by atoms with Crippen molar-refractivity contribution in [1.82, 2.24) is 19.8 Å². The number of anilines is 1. The molecule has 0 aliphatic carbocycles. The molecule has 0 unspecified atom stereocenters. The second-order valence-corrected chi connectivity index (χ2v) is 5.03. The summed E-state index contributed by atoms with van der Waals surface area (Å²) in [6.07, 6.45) is -3.91. The molecule has 2 heterocycles. The molecule has 24 heavy (non-hydrogen) atoms. The van der Waals surface area contributed by atoms with Crippen LogP contribution in [0.25, 0.3) is 5.65 Å². The van der Waals surface area contributed by atoms with Crippen LogP contribution in [0, 0.1) is 0 Å². The lowest BCUT2D eigenvalue weighted by atomic mass is 10.1. The lowest BCUT2D eigenvalue weighted by Crippen LogP contribution is -2.14. The Balaban J connectivity index is 1.68. The minimum atomic E-state index is -4.60. The average molecular weight is 337 g/mol. The maximum atomic E-state index is 12.8. The first-order valence-electron chi connectivity index (χ1n) is 7.14. The zero-order valence-corrected chi connectivity index (χ0v) is 12.7. The number of alkyl halides is 3. The van der Waals surface area contributed by atoms with Gasteiger partial charge >= 0.3 is 6.18 Å². The van der Waals surface area contributed by atoms with Crippen LogP contribution in [0.5, 0.6) is 5.75 Å². The van der Waals surface area contributed by atoms with Crippen molar-refractivity contribution in [3.63, 3.8) is 0 Å². The van der Waals surface area contributed by atoms with Gasteiger partial charge < -0.3 is 10.1 Å². The van der Waals surface area contributed by atoms with E-state index in [-0.39, 0.29) is 5.65 Å². The number of nitrogens with zero attached hydrogens (tertiary/aromatic N) is 4. The van der Waals surface area contributed by atoms with Gasteiger partial charge in [-0.2, -0.15) is 17.7 Å². The van der Waals surface area contributed by atoms with Crippen LogP contribution in [0.1, 0.15) is 11.4 Å². The third kappa shape index (κ3) is 3.39. The van der Waals surface area contributed by atoms with Gasteiger partial charge in [-0.15, -0.1) is 15.3 Å². The van der Waals surface area contributed by atoms with Gasteiger partial charge in [0, 0.05) is 6.54 Å². The normalized spacial score (nSPS) is 11.7. The van der Waals surface area contributed by atoms with Crippen LogP contribution >= 0.6 is 0 Å². The first kappa shape index (κ1) is 16.0. The number of nitrogens with one attached hydrogen (secondary N) is 1. The number of rotatable bonds is 5. The lowest BCUT2D eigenvalue weighted by Gasteiger charge is -2.08. The van der Waals surface area contributed by atoms with Gasteiger partial charge in [0.05, 0.1) is 7.11 Å². The van der Waals surface area contributed by atoms with Crippen LogP contribution in [0.15, 0.2) is 36.4 Å². The second kappa shape index (κ2) is 6.34. The van der Waals surface area contributed by atoms with Crippen molar-refractivity contribution in [2.75, 3.05) is 19.0 Å². The van der Waals surface area contributed by atoms with Crippen molar-refractivity contribution < 1.29 is 17.9 Å². The highest BCUT2D eigenvalue weighted by atomic mass is 19.4. The van der Waals surface area contributed by atoms with E-state index in [1.807, 2.05) is 24.3 Å². The van der Waals surface area contributed by atoms with E-state index < -0.39 is 12.0 Å². The molecule has 3 aromatic rings. The molecule has 1 aromatic carbocycles. The fraction of sp³-hybridized carbons (Fsp3) is 0.267. The molecule has 3 rings (SSSR count). The van der Waals surface area contributed by atoms with Crippen LogP contribution in [-0.2, 0) is 12.6 Å². The van der Waals surface area contributed by atoms with Gasteiger partial charge in [0.25, 0.3) is 5.82 Å². The highest BCUT2D eigenvalue weighted by Crippen LogP contribution is 2.27. The Morgan fingerprint density at radius 2 is 1.83 bits per heavy atom. The lowest BCUT2D eigenvalue weighted by molar-refractivity contribution is -0.146. The van der Waals surface area contributed by atoms with Gasteiger partial charge in [-0.05, 0) is 36.2 Å². The fourth-order valence-corrected chi connectivity index (χ4v) is 2.19. The molecule has 1 N–H and O–H groups in total. The maximum Gasteiger partial charge on any atom is 0.453 e. The Hall–Kier alpha value is -2.84. The number of ether oxygens (including phenoxy) is 1. The molecular formula is C15H14F3N5O. The number of benzene rings is 1. The molecule has 0 fully saturated rings. The number of halogens is 3. The summed E-state index contributed by atoms with van der Waals surface area (Å²) in [5.74, 6) is -0.0521. The molecule has 126 valence electrons. The first-order valence-corrected chi connectivity index (χ1v) is 7.14. The molecule has 0 atom stereocenters. The summed E-state index contributed by atoms with van der Waals surface area (Å²) in [5.41, 5.74) is 1.12. The van der Waals surface area contributed by atoms with E-state index in [4.69, 9.17) is 4.74 Å². The maximum absolute atomic E-state index is 12.8. The summed E-state index contributed by atoms with van der Waals surface area (Å²) in [6, 6.07) is 10.6. The SMILES string of the molecule is COc1ccc(CCNc2ccc3nnc(C(F)(F)F)n3n2)cc1. The molecule has 0 saturated heterocycles. The van der Waals surface area contributed by atoms with Crippen molar-refractivity contribution in [1.29, 1.82) is 0 Å². The largest absolute Gasteiger partial charge is 0.497 e. The Labute approximate surface area is 135 Å². The van der Waals surface area contributed by atoms with Crippen molar-refractivity contribution in [2.45, 2.75) is 12.6 Å². The molecule has 6 nitrogen and oxygen atoms in total. The Kier molecular flexibility index (Phi) is 4.24. The van der Waals surface area contributed by atoms with Crippen molar-refractivity contribution in [3.05, 3.63) is 47.8 Å². The summed E-state index contributed by atoms with van der Waals surface area (Å²) in [7, 11) is 1.60. The summed E-state index contributed by atoms with van der Waals surface area (Å²) >= 11 is 0. The molecule has 0 spiro atoms. The minimum Gasteiger partial charge on any atom is -0.497 e. The van der Waals surface area contributed by atoms with Gasteiger partial charge in [0.1, 0.15) is 11.6 Å². The van der Waals surface area contributed by atoms with Crippen LogP contribution in [0.2, 0.25) is 0 Å². The zero-order valence-electron chi connectivity index (χ0n) is 12.7. The van der Waals surface area contributed by atoms with Crippen molar-refractivity contribution in [3.8, 4) is 5.75 Å². The monoisotopic (exact) mass is 337 g/mol. The van der Waals surface area contributed by atoms with Gasteiger partial charge in [-0.3, -0.25) is 0 Å². The zero-order chi connectivity index (χ0) is 17.2. The highest BCUT2D eigenvalue weighted by molar-refractivity contribution is 5.44. The number of hydrogen-bond acceptors (Lipinski definition) is 5. The quantitative estimate of drug-likeness (QED) is 0.776. The van der Waals surface area contributed by atoms with Crippen LogP contribution in [0.3, 0.4) is 0 Å². The summed E-state index contributed by atoms with van der Waals surface area (Å²) in [5, 5.41) is 13.5. The third-order valence-corrected chi connectivity index (χ3v) is 3.40. The fourth-order valence-electron chi connectivity index (χ4n) is 2.19. The Morgan fingerprint density at radius 1 is 1.08 bits per heavy atom. The molecule has 0 radical (unpaired) electrons. The van der Waals surface area contributed by atoms with Gasteiger partial charge in [0.15, 0.2) is 5.65 Å². The highest BCUT2D eigenvalue weighted by Gasteiger charge is 2.37. The van der Waals surface area contributed by atoms with Crippen molar-refractivity contribution in [2.24, 2.45) is 0 Å². The summed E-state index contributed by atoms with van der Waals surface area (Å²) < 4.78 is 44.2. The van der Waals surface area contributed by atoms with Crippen LogP contribution in [0.4, 0.5) is 19.0 Å². The number of hydrogen-bond donors (Lipinski definition) is 1. The molecule has 9 heteroatoms.